The van der Waals surface area contributed by atoms with Crippen molar-refractivity contribution in [3.05, 3.63) is 35.9 Å². The number of hydrogen-bond donors (Lipinski definition) is 1. The Labute approximate surface area is 173 Å². The second kappa shape index (κ2) is 7.67. The van der Waals surface area contributed by atoms with Gasteiger partial charge in [-0.3, -0.25) is 24.6 Å². The van der Waals surface area contributed by atoms with Crippen molar-refractivity contribution in [2.24, 2.45) is 29.1 Å². The number of carbonyl (C=O) groups is 3. The number of ketones is 1. The summed E-state index contributed by atoms with van der Waals surface area (Å²) in [6, 6.07) is 8.37. The topological polar surface area (TPSA) is 66.5 Å². The minimum Gasteiger partial charge on any atom is -0.298 e. The van der Waals surface area contributed by atoms with E-state index in [-0.39, 0.29) is 23.5 Å². The second-order valence-electron chi connectivity index (χ2n) is 9.84. The van der Waals surface area contributed by atoms with Crippen LogP contribution in [-0.2, 0) is 9.59 Å². The number of benzene rings is 1. The predicted octanol–water partition coefficient (Wildman–Crippen LogP) is 3.29. The quantitative estimate of drug-likeness (QED) is 0.776. The Morgan fingerprint density at radius 3 is 2.52 bits per heavy atom. The third-order valence-corrected chi connectivity index (χ3v) is 8.07. The van der Waals surface area contributed by atoms with Gasteiger partial charge in [0, 0.05) is 11.5 Å². The standard InChI is InChI=1S/C24H32N2O3/c1-15-18(12-17-13-19(15)24(17,2)3)21(27)14-26-11-7-10-20(26)23(29)25-22(28)16-8-5-4-6-9-16/h4-6,8-9,15,17-20H,7,10-14H2,1-3H3,(H,25,28,29)/t15?,17?,18?,19?,20-/m0/s1. The lowest BCUT2D eigenvalue weighted by Gasteiger charge is -2.61. The van der Waals surface area contributed by atoms with Crippen LogP contribution in [0.25, 0.3) is 0 Å². The molecule has 5 nitrogen and oxygen atoms in total. The summed E-state index contributed by atoms with van der Waals surface area (Å²) < 4.78 is 0. The molecule has 1 aromatic rings. The van der Waals surface area contributed by atoms with Gasteiger partial charge in [-0.05, 0) is 67.5 Å². The molecule has 0 aromatic heterocycles. The molecular formula is C24H32N2O3. The molecule has 5 atom stereocenters. The van der Waals surface area contributed by atoms with Crippen molar-refractivity contribution in [2.45, 2.75) is 52.5 Å². The largest absolute Gasteiger partial charge is 0.298 e. The first kappa shape index (κ1) is 20.3. The Balaban J connectivity index is 1.36. The predicted molar refractivity (Wildman–Crippen MR) is 111 cm³/mol. The SMILES string of the molecule is CC1C(C(=O)CN2CCC[C@H]2C(=O)NC(=O)c2ccccc2)CC2CC1C2(C)C. The smallest absolute Gasteiger partial charge is 0.257 e. The van der Waals surface area contributed by atoms with Crippen molar-refractivity contribution < 1.29 is 14.4 Å². The van der Waals surface area contributed by atoms with Crippen LogP contribution in [0.2, 0.25) is 0 Å². The van der Waals surface area contributed by atoms with E-state index in [1.165, 1.54) is 6.42 Å². The molecule has 2 amide bonds. The lowest BCUT2D eigenvalue weighted by Crippen LogP contribution is -2.57. The van der Waals surface area contributed by atoms with Gasteiger partial charge in [0.2, 0.25) is 5.91 Å². The van der Waals surface area contributed by atoms with Crippen LogP contribution in [-0.4, -0.2) is 41.6 Å². The molecule has 4 fully saturated rings. The third kappa shape index (κ3) is 3.65. The van der Waals surface area contributed by atoms with Gasteiger partial charge in [-0.1, -0.05) is 39.0 Å². The zero-order valence-electron chi connectivity index (χ0n) is 17.7. The fourth-order valence-electron chi connectivity index (χ4n) is 6.06. The number of amides is 2. The maximum absolute atomic E-state index is 13.1. The summed E-state index contributed by atoms with van der Waals surface area (Å²) in [5, 5.41) is 2.52. The Kier molecular flexibility index (Phi) is 5.36. The molecule has 1 saturated heterocycles. The normalized spacial score (nSPS) is 33.0. The van der Waals surface area contributed by atoms with Gasteiger partial charge in [0.15, 0.2) is 0 Å². The second-order valence-corrected chi connectivity index (χ2v) is 9.84. The lowest BCUT2D eigenvalue weighted by atomic mass is 9.43. The van der Waals surface area contributed by atoms with Crippen molar-refractivity contribution >= 4 is 17.6 Å². The average molecular weight is 397 g/mol. The van der Waals surface area contributed by atoms with Crippen LogP contribution in [0.15, 0.2) is 30.3 Å². The number of hydrogen-bond acceptors (Lipinski definition) is 4. The first-order chi connectivity index (χ1) is 13.8. The zero-order valence-corrected chi connectivity index (χ0v) is 17.7. The molecule has 29 heavy (non-hydrogen) atoms. The molecule has 1 N–H and O–H groups in total. The summed E-state index contributed by atoms with van der Waals surface area (Å²) >= 11 is 0. The number of likely N-dealkylation sites (tertiary alicyclic amines) is 1. The highest BCUT2D eigenvalue weighted by atomic mass is 16.2. The van der Waals surface area contributed by atoms with Gasteiger partial charge in [-0.25, -0.2) is 0 Å². The summed E-state index contributed by atoms with van der Waals surface area (Å²) in [6.45, 7) is 7.98. The van der Waals surface area contributed by atoms with Gasteiger partial charge in [0.1, 0.15) is 5.78 Å². The number of nitrogens with one attached hydrogen (secondary N) is 1. The molecule has 5 rings (SSSR count). The van der Waals surface area contributed by atoms with E-state index >= 15 is 0 Å². The molecule has 0 spiro atoms. The van der Waals surface area contributed by atoms with Gasteiger partial charge in [0.05, 0.1) is 12.6 Å². The van der Waals surface area contributed by atoms with Crippen LogP contribution >= 0.6 is 0 Å². The highest BCUT2D eigenvalue weighted by Crippen LogP contribution is 2.63. The highest BCUT2D eigenvalue weighted by molar-refractivity contribution is 6.06. The average Bonchev–Trinajstić information content (AvgIpc) is 3.16. The van der Waals surface area contributed by atoms with Crippen LogP contribution in [0.4, 0.5) is 0 Å². The van der Waals surface area contributed by atoms with E-state index in [2.05, 4.69) is 26.1 Å². The van der Waals surface area contributed by atoms with Crippen molar-refractivity contribution in [3.63, 3.8) is 0 Å². The van der Waals surface area contributed by atoms with Crippen LogP contribution in [0.1, 0.15) is 56.8 Å². The van der Waals surface area contributed by atoms with E-state index in [1.807, 2.05) is 11.0 Å². The number of imide groups is 1. The van der Waals surface area contributed by atoms with Crippen molar-refractivity contribution in [2.75, 3.05) is 13.1 Å². The van der Waals surface area contributed by atoms with Crippen molar-refractivity contribution in [1.82, 2.24) is 10.2 Å². The minimum absolute atomic E-state index is 0.113. The summed E-state index contributed by atoms with van der Waals surface area (Å²) in [7, 11) is 0. The van der Waals surface area contributed by atoms with Gasteiger partial charge < -0.3 is 0 Å². The maximum atomic E-state index is 13.1. The number of rotatable bonds is 5. The van der Waals surface area contributed by atoms with Gasteiger partial charge >= 0.3 is 0 Å². The fraction of sp³-hybridized carbons (Fsp3) is 0.625. The minimum atomic E-state index is -0.392. The third-order valence-electron chi connectivity index (χ3n) is 8.07. The van der Waals surface area contributed by atoms with Crippen molar-refractivity contribution in [3.8, 4) is 0 Å². The molecule has 3 saturated carbocycles. The number of fused-ring (bicyclic) bond motifs is 2. The Bertz CT molecular complexity index is 804. The summed E-state index contributed by atoms with van der Waals surface area (Å²) in [5.74, 6) is 1.42. The van der Waals surface area contributed by atoms with E-state index in [9.17, 15) is 14.4 Å². The molecule has 4 aliphatic rings. The molecule has 5 heteroatoms. The van der Waals surface area contributed by atoms with E-state index in [0.29, 0.717) is 41.7 Å². The van der Waals surface area contributed by atoms with Crippen LogP contribution < -0.4 is 5.32 Å². The van der Waals surface area contributed by atoms with Gasteiger partial charge in [-0.15, -0.1) is 0 Å². The number of carbonyl (C=O) groups excluding carboxylic acids is 3. The molecule has 1 aromatic carbocycles. The fourth-order valence-corrected chi connectivity index (χ4v) is 6.06. The highest BCUT2D eigenvalue weighted by Gasteiger charge is 2.57. The summed E-state index contributed by atoms with van der Waals surface area (Å²) in [4.78, 5) is 40.1. The van der Waals surface area contributed by atoms with E-state index < -0.39 is 6.04 Å². The Hall–Kier alpha value is -2.01. The van der Waals surface area contributed by atoms with Crippen LogP contribution in [0.3, 0.4) is 0 Å². The molecule has 0 radical (unpaired) electrons. The van der Waals surface area contributed by atoms with Crippen LogP contribution in [0, 0.1) is 29.1 Å². The molecule has 2 bridgehead atoms. The first-order valence-electron chi connectivity index (χ1n) is 11.0. The van der Waals surface area contributed by atoms with Crippen LogP contribution in [0.5, 0.6) is 0 Å². The number of Topliss-reactive ketones (excluding diaryl/α,β-unsaturated/α-hetero) is 1. The monoisotopic (exact) mass is 396 g/mol. The summed E-state index contributed by atoms with van der Waals surface area (Å²) in [6.07, 6.45) is 3.82. The molecule has 3 aliphatic carbocycles. The molecule has 4 unspecified atom stereocenters. The Morgan fingerprint density at radius 2 is 1.86 bits per heavy atom. The lowest BCUT2D eigenvalue weighted by molar-refractivity contribution is -0.153. The first-order valence-corrected chi connectivity index (χ1v) is 11.0. The molecule has 1 heterocycles. The number of nitrogens with zero attached hydrogens (tertiary/aromatic N) is 1. The van der Waals surface area contributed by atoms with E-state index in [1.54, 1.807) is 24.3 Å². The molecule has 1 aliphatic heterocycles. The van der Waals surface area contributed by atoms with E-state index in [0.717, 1.165) is 19.4 Å². The maximum Gasteiger partial charge on any atom is 0.257 e. The Morgan fingerprint density at radius 1 is 1.14 bits per heavy atom. The van der Waals surface area contributed by atoms with Gasteiger partial charge in [0.25, 0.3) is 5.91 Å². The molecular weight excluding hydrogens is 364 g/mol. The molecule has 156 valence electrons. The zero-order chi connectivity index (χ0) is 20.8. The van der Waals surface area contributed by atoms with E-state index in [4.69, 9.17) is 0 Å². The summed E-state index contributed by atoms with van der Waals surface area (Å²) in [5.41, 5.74) is 0.837. The van der Waals surface area contributed by atoms with Gasteiger partial charge in [-0.2, -0.15) is 0 Å². The van der Waals surface area contributed by atoms with Crippen molar-refractivity contribution in [1.29, 1.82) is 0 Å².